The topological polar surface area (TPSA) is 12.4 Å². The van der Waals surface area contributed by atoms with Gasteiger partial charge in [0.15, 0.2) is 0 Å². The smallest absolute Gasteiger partial charge is 0.0503 e. The van der Waals surface area contributed by atoms with Crippen molar-refractivity contribution in [2.24, 2.45) is 10.4 Å². The predicted octanol–water partition coefficient (Wildman–Crippen LogP) is 2.48. The lowest BCUT2D eigenvalue weighted by molar-refractivity contribution is 0.599. The normalized spacial score (nSPS) is 33.4. The first kappa shape index (κ1) is 6.59. The quantitative estimate of drug-likeness (QED) is 0.496. The first-order chi connectivity index (χ1) is 5.31. The number of nitrogens with zero attached hydrogens (tertiary/aromatic N) is 1. The van der Waals surface area contributed by atoms with Crippen LogP contribution in [0.5, 0.6) is 0 Å². The molecule has 1 nitrogen and oxygen atoms in total. The Hall–Kier alpha value is -1.11. The van der Waals surface area contributed by atoms with Crippen molar-refractivity contribution in [3.05, 3.63) is 36.6 Å². The van der Waals surface area contributed by atoms with E-state index in [-0.39, 0.29) is 5.41 Å². The van der Waals surface area contributed by atoms with Crippen LogP contribution in [-0.2, 0) is 0 Å². The van der Waals surface area contributed by atoms with E-state index in [1.165, 1.54) is 5.71 Å². The molecule has 2 rings (SSSR count). The van der Waals surface area contributed by atoms with E-state index >= 15 is 0 Å². The summed E-state index contributed by atoms with van der Waals surface area (Å²) in [4.78, 5) is 4.32. The van der Waals surface area contributed by atoms with E-state index in [1.807, 2.05) is 12.3 Å². The molecule has 0 spiro atoms. The first-order valence-electron chi connectivity index (χ1n) is 3.90. The largest absolute Gasteiger partial charge is 0.261 e. The molecule has 1 atom stereocenters. The van der Waals surface area contributed by atoms with E-state index < -0.39 is 0 Å². The molecular formula is C10H11N. The van der Waals surface area contributed by atoms with Gasteiger partial charge < -0.3 is 0 Å². The summed E-state index contributed by atoms with van der Waals surface area (Å²) in [5.41, 5.74) is 1.35. The van der Waals surface area contributed by atoms with E-state index in [2.05, 4.69) is 36.2 Å². The molecule has 0 amide bonds. The van der Waals surface area contributed by atoms with Crippen LogP contribution < -0.4 is 0 Å². The standard InChI is InChI=1S/C10H11N/c1-10-6-3-2-5-9(10)11-8-4-7-10/h2-6,8H,7H2,1H3. The molecule has 0 saturated heterocycles. The average molecular weight is 145 g/mol. The van der Waals surface area contributed by atoms with Gasteiger partial charge in [-0.1, -0.05) is 31.2 Å². The van der Waals surface area contributed by atoms with Gasteiger partial charge in [0.1, 0.15) is 0 Å². The molecule has 1 aliphatic carbocycles. The van der Waals surface area contributed by atoms with Crippen molar-refractivity contribution >= 4 is 5.71 Å². The van der Waals surface area contributed by atoms with Crippen LogP contribution in [-0.4, -0.2) is 5.71 Å². The maximum absolute atomic E-state index is 4.32. The summed E-state index contributed by atoms with van der Waals surface area (Å²) < 4.78 is 0. The SMILES string of the molecule is CC12C=CC=CC1=NC=CC2. The Balaban J connectivity index is 2.45. The molecule has 0 radical (unpaired) electrons. The van der Waals surface area contributed by atoms with Gasteiger partial charge in [0, 0.05) is 11.6 Å². The Morgan fingerprint density at radius 1 is 1.45 bits per heavy atom. The highest BCUT2D eigenvalue weighted by molar-refractivity contribution is 6.02. The minimum absolute atomic E-state index is 0.170. The molecule has 1 heterocycles. The van der Waals surface area contributed by atoms with Crippen LogP contribution in [0.3, 0.4) is 0 Å². The Kier molecular flexibility index (Phi) is 1.31. The Morgan fingerprint density at radius 3 is 3.18 bits per heavy atom. The fourth-order valence-electron chi connectivity index (χ4n) is 1.48. The van der Waals surface area contributed by atoms with Gasteiger partial charge in [0.05, 0.1) is 5.71 Å². The molecule has 0 bridgehead atoms. The van der Waals surface area contributed by atoms with Crippen LogP contribution in [0.1, 0.15) is 13.3 Å². The first-order valence-corrected chi connectivity index (χ1v) is 3.90. The maximum atomic E-state index is 4.32. The number of allylic oxidation sites excluding steroid dienone is 5. The third kappa shape index (κ3) is 0.967. The summed E-state index contributed by atoms with van der Waals surface area (Å²) in [5, 5.41) is 0. The van der Waals surface area contributed by atoms with Crippen molar-refractivity contribution in [2.75, 3.05) is 0 Å². The van der Waals surface area contributed by atoms with Gasteiger partial charge in [-0.25, -0.2) is 0 Å². The van der Waals surface area contributed by atoms with Crippen molar-refractivity contribution in [1.29, 1.82) is 0 Å². The Morgan fingerprint density at radius 2 is 2.36 bits per heavy atom. The molecule has 0 N–H and O–H groups in total. The molecule has 0 saturated carbocycles. The van der Waals surface area contributed by atoms with Gasteiger partial charge in [-0.05, 0) is 12.5 Å². The van der Waals surface area contributed by atoms with Gasteiger partial charge >= 0.3 is 0 Å². The summed E-state index contributed by atoms with van der Waals surface area (Å²) in [5.74, 6) is 0. The van der Waals surface area contributed by atoms with Crippen LogP contribution in [0.2, 0.25) is 0 Å². The second-order valence-electron chi connectivity index (χ2n) is 3.24. The number of fused-ring (bicyclic) bond motifs is 1. The second-order valence-corrected chi connectivity index (χ2v) is 3.24. The monoisotopic (exact) mass is 145 g/mol. The van der Waals surface area contributed by atoms with Crippen LogP contribution in [0.4, 0.5) is 0 Å². The Labute approximate surface area is 66.8 Å². The van der Waals surface area contributed by atoms with Crippen molar-refractivity contribution < 1.29 is 0 Å². The Bertz CT molecular complexity index is 281. The fraction of sp³-hybridized carbons (Fsp3) is 0.300. The summed E-state index contributed by atoms with van der Waals surface area (Å²) >= 11 is 0. The van der Waals surface area contributed by atoms with E-state index in [0.717, 1.165) is 6.42 Å². The molecule has 0 aromatic rings. The second kappa shape index (κ2) is 2.19. The van der Waals surface area contributed by atoms with E-state index in [1.54, 1.807) is 0 Å². The zero-order valence-electron chi connectivity index (χ0n) is 6.62. The zero-order valence-corrected chi connectivity index (χ0v) is 6.62. The molecule has 0 aromatic heterocycles. The lowest BCUT2D eigenvalue weighted by Crippen LogP contribution is -2.26. The van der Waals surface area contributed by atoms with Gasteiger partial charge in [0.2, 0.25) is 0 Å². The number of hydrogen-bond donors (Lipinski definition) is 0. The lowest BCUT2D eigenvalue weighted by Gasteiger charge is -2.28. The van der Waals surface area contributed by atoms with E-state index in [9.17, 15) is 0 Å². The molecule has 0 aromatic carbocycles. The molecule has 1 unspecified atom stereocenters. The average Bonchev–Trinajstić information content (AvgIpc) is 2.03. The molecule has 56 valence electrons. The summed E-state index contributed by atoms with van der Waals surface area (Å²) in [6.07, 6.45) is 13.5. The molecule has 0 fully saturated rings. The van der Waals surface area contributed by atoms with E-state index in [4.69, 9.17) is 0 Å². The maximum Gasteiger partial charge on any atom is 0.0503 e. The van der Waals surface area contributed by atoms with Crippen molar-refractivity contribution in [3.8, 4) is 0 Å². The predicted molar refractivity (Wildman–Crippen MR) is 47.6 cm³/mol. The fourth-order valence-corrected chi connectivity index (χ4v) is 1.48. The van der Waals surface area contributed by atoms with Crippen LogP contribution in [0, 0.1) is 5.41 Å². The van der Waals surface area contributed by atoms with Gasteiger partial charge in [-0.3, -0.25) is 4.99 Å². The van der Waals surface area contributed by atoms with Crippen LogP contribution in [0.15, 0.2) is 41.6 Å². The number of rotatable bonds is 0. The minimum Gasteiger partial charge on any atom is -0.261 e. The van der Waals surface area contributed by atoms with Gasteiger partial charge in [0.25, 0.3) is 0 Å². The number of hydrogen-bond acceptors (Lipinski definition) is 1. The molecule has 2 aliphatic rings. The number of aliphatic imine (C=N–C) groups is 1. The molecule has 1 aliphatic heterocycles. The minimum atomic E-state index is 0.170. The van der Waals surface area contributed by atoms with Gasteiger partial charge in [-0.15, -0.1) is 0 Å². The third-order valence-electron chi connectivity index (χ3n) is 2.28. The summed E-state index contributed by atoms with van der Waals surface area (Å²) in [7, 11) is 0. The highest BCUT2D eigenvalue weighted by Crippen LogP contribution is 2.31. The van der Waals surface area contributed by atoms with Crippen molar-refractivity contribution in [2.45, 2.75) is 13.3 Å². The molecular weight excluding hydrogens is 134 g/mol. The molecule has 11 heavy (non-hydrogen) atoms. The zero-order chi connectivity index (χ0) is 7.73. The van der Waals surface area contributed by atoms with Crippen molar-refractivity contribution in [3.63, 3.8) is 0 Å². The van der Waals surface area contributed by atoms with Gasteiger partial charge in [-0.2, -0.15) is 0 Å². The van der Waals surface area contributed by atoms with Crippen LogP contribution >= 0.6 is 0 Å². The van der Waals surface area contributed by atoms with E-state index in [0.29, 0.717) is 0 Å². The van der Waals surface area contributed by atoms with Crippen LogP contribution in [0.25, 0.3) is 0 Å². The van der Waals surface area contributed by atoms with Crippen molar-refractivity contribution in [1.82, 2.24) is 0 Å². The summed E-state index contributed by atoms with van der Waals surface area (Å²) in [6, 6.07) is 0. The third-order valence-corrected chi connectivity index (χ3v) is 2.28. The highest BCUT2D eigenvalue weighted by atomic mass is 14.7. The summed E-state index contributed by atoms with van der Waals surface area (Å²) in [6.45, 7) is 2.22. The highest BCUT2D eigenvalue weighted by Gasteiger charge is 2.27. The lowest BCUT2D eigenvalue weighted by atomic mass is 9.78. The molecule has 1 heteroatoms.